The van der Waals surface area contributed by atoms with Gasteiger partial charge in [0.05, 0.1) is 10.7 Å². The minimum Gasteiger partial charge on any atom is -0.381 e. The van der Waals surface area contributed by atoms with E-state index in [2.05, 4.69) is 27.9 Å². The summed E-state index contributed by atoms with van der Waals surface area (Å²) >= 11 is 8.38. The van der Waals surface area contributed by atoms with E-state index in [9.17, 15) is 4.39 Å². The molecule has 1 nitrogen and oxygen atoms in total. The van der Waals surface area contributed by atoms with E-state index in [0.29, 0.717) is 17.0 Å². The van der Waals surface area contributed by atoms with Crippen molar-refractivity contribution in [3.8, 4) is 0 Å². The molecule has 0 saturated carbocycles. The Labute approximate surface area is 131 Å². The molecule has 2 aromatic rings. The van der Waals surface area contributed by atoms with Crippen LogP contribution in [-0.2, 0) is 6.42 Å². The number of halogens is 3. The van der Waals surface area contributed by atoms with Gasteiger partial charge in [-0.15, -0.1) is 0 Å². The highest BCUT2D eigenvalue weighted by molar-refractivity contribution is 14.1. The van der Waals surface area contributed by atoms with Gasteiger partial charge >= 0.3 is 0 Å². The average Bonchev–Trinajstić information content (AvgIpc) is 2.36. The standard InChI is InChI=1S/C15H14ClFIN/c1-10(8-11-4-2-3-5-14(11)17)19-15-7-6-12(18)9-13(15)16/h2-7,9-10,19H,8H2,1H3. The molecule has 0 aliphatic carbocycles. The zero-order valence-corrected chi connectivity index (χ0v) is 13.4. The third-order valence-corrected chi connectivity index (χ3v) is 3.80. The van der Waals surface area contributed by atoms with Crippen LogP contribution in [0.1, 0.15) is 12.5 Å². The quantitative estimate of drug-likeness (QED) is 0.715. The lowest BCUT2D eigenvalue weighted by Crippen LogP contribution is -2.19. The van der Waals surface area contributed by atoms with Gasteiger partial charge in [-0.05, 0) is 65.8 Å². The summed E-state index contributed by atoms with van der Waals surface area (Å²) in [5.41, 5.74) is 1.59. The third kappa shape index (κ3) is 4.08. The fourth-order valence-corrected chi connectivity index (χ4v) is 2.83. The van der Waals surface area contributed by atoms with Gasteiger partial charge in [0.2, 0.25) is 0 Å². The summed E-state index contributed by atoms with van der Waals surface area (Å²) in [6.07, 6.45) is 0.620. The summed E-state index contributed by atoms with van der Waals surface area (Å²) in [5, 5.41) is 4.00. The number of anilines is 1. The molecule has 19 heavy (non-hydrogen) atoms. The minimum absolute atomic E-state index is 0.106. The largest absolute Gasteiger partial charge is 0.381 e. The van der Waals surface area contributed by atoms with Crippen molar-refractivity contribution in [2.75, 3.05) is 5.32 Å². The molecule has 0 bridgehead atoms. The van der Waals surface area contributed by atoms with Crippen molar-refractivity contribution in [1.82, 2.24) is 0 Å². The van der Waals surface area contributed by atoms with Gasteiger partial charge in [0.1, 0.15) is 5.82 Å². The van der Waals surface area contributed by atoms with E-state index in [-0.39, 0.29) is 11.9 Å². The molecule has 0 amide bonds. The van der Waals surface area contributed by atoms with Crippen LogP contribution in [-0.4, -0.2) is 6.04 Å². The second-order valence-corrected chi connectivity index (χ2v) is 6.12. The molecule has 0 radical (unpaired) electrons. The predicted octanol–water partition coefficient (Wildman–Crippen LogP) is 5.13. The molecular formula is C15H14ClFIN. The fourth-order valence-electron chi connectivity index (χ4n) is 1.92. The summed E-state index contributed by atoms with van der Waals surface area (Å²) in [6.45, 7) is 2.01. The van der Waals surface area contributed by atoms with Crippen LogP contribution in [0.3, 0.4) is 0 Å². The van der Waals surface area contributed by atoms with Crippen LogP contribution < -0.4 is 5.32 Å². The van der Waals surface area contributed by atoms with Crippen LogP contribution in [0.4, 0.5) is 10.1 Å². The number of benzene rings is 2. The third-order valence-electron chi connectivity index (χ3n) is 2.82. The van der Waals surface area contributed by atoms with Crippen LogP contribution in [0.15, 0.2) is 42.5 Å². The predicted molar refractivity (Wildman–Crippen MR) is 87.4 cm³/mol. The Hall–Kier alpha value is -0.810. The molecule has 4 heteroatoms. The van der Waals surface area contributed by atoms with Gasteiger partial charge in [-0.3, -0.25) is 0 Å². The number of hydrogen-bond donors (Lipinski definition) is 1. The van der Waals surface area contributed by atoms with Crippen molar-refractivity contribution in [2.24, 2.45) is 0 Å². The maximum atomic E-state index is 13.6. The minimum atomic E-state index is -0.162. The van der Waals surface area contributed by atoms with E-state index in [1.165, 1.54) is 6.07 Å². The lowest BCUT2D eigenvalue weighted by Gasteiger charge is -2.17. The second kappa shape index (κ2) is 6.57. The highest BCUT2D eigenvalue weighted by Gasteiger charge is 2.09. The van der Waals surface area contributed by atoms with E-state index >= 15 is 0 Å². The lowest BCUT2D eigenvalue weighted by molar-refractivity contribution is 0.601. The molecule has 1 N–H and O–H groups in total. The van der Waals surface area contributed by atoms with Gasteiger partial charge in [-0.2, -0.15) is 0 Å². The summed E-state index contributed by atoms with van der Waals surface area (Å²) in [6, 6.07) is 12.8. The molecule has 0 aromatic heterocycles. The van der Waals surface area contributed by atoms with E-state index in [0.717, 1.165) is 9.26 Å². The summed E-state index contributed by atoms with van der Waals surface area (Å²) in [7, 11) is 0. The molecule has 0 fully saturated rings. The first-order valence-corrected chi connectivity index (χ1v) is 7.47. The summed E-state index contributed by atoms with van der Waals surface area (Å²) in [5.74, 6) is -0.162. The lowest BCUT2D eigenvalue weighted by atomic mass is 10.1. The van der Waals surface area contributed by atoms with Crippen LogP contribution in [0.5, 0.6) is 0 Å². The molecule has 0 aliphatic rings. The van der Waals surface area contributed by atoms with Gasteiger partial charge < -0.3 is 5.32 Å². The van der Waals surface area contributed by atoms with E-state index in [4.69, 9.17) is 11.6 Å². The Morgan fingerprint density at radius 3 is 2.68 bits per heavy atom. The number of hydrogen-bond acceptors (Lipinski definition) is 1. The molecule has 1 unspecified atom stereocenters. The van der Waals surface area contributed by atoms with Crippen molar-refractivity contribution < 1.29 is 4.39 Å². The highest BCUT2D eigenvalue weighted by Crippen LogP contribution is 2.25. The molecular weight excluding hydrogens is 376 g/mol. The zero-order valence-electron chi connectivity index (χ0n) is 10.5. The normalized spacial score (nSPS) is 12.2. The first kappa shape index (κ1) is 14.6. The summed E-state index contributed by atoms with van der Waals surface area (Å²) < 4.78 is 14.7. The van der Waals surface area contributed by atoms with Gasteiger partial charge in [-0.1, -0.05) is 29.8 Å². The Balaban J connectivity index is 2.05. The Morgan fingerprint density at radius 2 is 2.00 bits per heavy atom. The van der Waals surface area contributed by atoms with Crippen LogP contribution in [0.2, 0.25) is 5.02 Å². The SMILES string of the molecule is CC(Cc1ccccc1F)Nc1ccc(I)cc1Cl. The maximum absolute atomic E-state index is 13.6. The van der Waals surface area contributed by atoms with Gasteiger partial charge in [-0.25, -0.2) is 4.39 Å². The molecule has 0 spiro atoms. The average molecular weight is 390 g/mol. The molecule has 0 aliphatic heterocycles. The van der Waals surface area contributed by atoms with Crippen LogP contribution in [0, 0.1) is 9.39 Å². The first-order chi connectivity index (χ1) is 9.06. The molecule has 100 valence electrons. The van der Waals surface area contributed by atoms with E-state index < -0.39 is 0 Å². The van der Waals surface area contributed by atoms with Crippen LogP contribution in [0.25, 0.3) is 0 Å². The Morgan fingerprint density at radius 1 is 1.26 bits per heavy atom. The van der Waals surface area contributed by atoms with Crippen LogP contribution >= 0.6 is 34.2 Å². The Bertz CT molecular complexity index is 574. The Kier molecular flexibility index (Phi) is 5.05. The van der Waals surface area contributed by atoms with Crippen molar-refractivity contribution >= 4 is 39.9 Å². The van der Waals surface area contributed by atoms with Gasteiger partial charge in [0.25, 0.3) is 0 Å². The van der Waals surface area contributed by atoms with Gasteiger partial charge in [0, 0.05) is 9.61 Å². The molecule has 0 heterocycles. The molecule has 1 atom stereocenters. The molecule has 2 aromatic carbocycles. The maximum Gasteiger partial charge on any atom is 0.126 e. The smallest absolute Gasteiger partial charge is 0.126 e. The van der Waals surface area contributed by atoms with Crippen molar-refractivity contribution in [1.29, 1.82) is 0 Å². The number of nitrogens with one attached hydrogen (secondary N) is 1. The van der Waals surface area contributed by atoms with Crippen molar-refractivity contribution in [3.05, 3.63) is 62.4 Å². The zero-order chi connectivity index (χ0) is 13.8. The monoisotopic (exact) mass is 389 g/mol. The van der Waals surface area contributed by atoms with Gasteiger partial charge in [0.15, 0.2) is 0 Å². The molecule has 2 rings (SSSR count). The fraction of sp³-hybridized carbons (Fsp3) is 0.200. The van der Waals surface area contributed by atoms with E-state index in [1.807, 2.05) is 37.3 Å². The van der Waals surface area contributed by atoms with E-state index in [1.54, 1.807) is 6.07 Å². The topological polar surface area (TPSA) is 12.0 Å². The summed E-state index contributed by atoms with van der Waals surface area (Å²) in [4.78, 5) is 0. The number of rotatable bonds is 4. The first-order valence-electron chi connectivity index (χ1n) is 6.01. The van der Waals surface area contributed by atoms with Crippen molar-refractivity contribution in [2.45, 2.75) is 19.4 Å². The highest BCUT2D eigenvalue weighted by atomic mass is 127. The molecule has 0 saturated heterocycles. The van der Waals surface area contributed by atoms with Crippen molar-refractivity contribution in [3.63, 3.8) is 0 Å². The second-order valence-electron chi connectivity index (χ2n) is 4.47.